The first-order chi connectivity index (χ1) is 58.2. The monoisotopic (exact) mass is 1580 g/mol. The van der Waals surface area contributed by atoms with Gasteiger partial charge in [-0.15, -0.1) is 6.39 Å². The highest BCUT2D eigenvalue weighted by atomic mass is 79.9. The van der Waals surface area contributed by atoms with Crippen LogP contribution in [0.25, 0.3) is 143 Å². The van der Waals surface area contributed by atoms with E-state index < -0.39 is 0 Å². The maximum atomic E-state index is 5.00. The van der Waals surface area contributed by atoms with E-state index in [1.54, 1.807) is 0 Å². The van der Waals surface area contributed by atoms with Crippen molar-refractivity contribution in [3.8, 4) is 78.1 Å². The maximum absolute atomic E-state index is 5.00. The lowest BCUT2D eigenvalue weighted by Gasteiger charge is -2.28. The molecule has 22 rings (SSSR count). The van der Waals surface area contributed by atoms with Gasteiger partial charge in [-0.2, -0.15) is 0 Å². The van der Waals surface area contributed by atoms with Crippen LogP contribution in [0.15, 0.2) is 417 Å². The number of anilines is 5. The minimum atomic E-state index is -0.0845. The number of hydrogen-bond acceptors (Lipinski definition) is 2. The number of rotatable bonds is 11. The van der Waals surface area contributed by atoms with Gasteiger partial charge in [0.2, 0.25) is 0 Å². The van der Waals surface area contributed by atoms with Crippen LogP contribution in [-0.2, 0) is 10.8 Å². The van der Waals surface area contributed by atoms with Gasteiger partial charge in [0.25, 0.3) is 0 Å². The number of halogens is 1. The summed E-state index contributed by atoms with van der Waals surface area (Å²) in [6.45, 7) is 9.32. The molecule has 0 saturated carbocycles. The van der Waals surface area contributed by atoms with Gasteiger partial charge in [-0.1, -0.05) is 330 Å². The summed E-state index contributed by atoms with van der Waals surface area (Å²) >= 11 is 3.61. The molecule has 0 saturated heterocycles. The molecule has 0 unspecified atom stereocenters. The van der Waals surface area contributed by atoms with Gasteiger partial charge in [-0.3, -0.25) is 0 Å². The van der Waals surface area contributed by atoms with E-state index in [1.165, 1.54) is 160 Å². The fourth-order valence-electron chi connectivity index (χ4n) is 18.2. The van der Waals surface area contributed by atoms with Gasteiger partial charge < -0.3 is 19.4 Å². The zero-order chi connectivity index (χ0) is 80.9. The highest BCUT2D eigenvalue weighted by molar-refractivity contribution is 9.10. The molecule has 4 nitrogen and oxygen atoms in total. The summed E-state index contributed by atoms with van der Waals surface area (Å²) in [5, 5.41) is 13.7. The molecule has 4 radical (unpaired) electrons. The second-order valence-corrected chi connectivity index (χ2v) is 32.5. The first kappa shape index (κ1) is 75.5. The van der Waals surface area contributed by atoms with Gasteiger partial charge in [0.15, 0.2) is 0 Å². The molecular weight excluding hydrogens is 1500 g/mol. The molecule has 18 aromatic carbocycles. The van der Waals surface area contributed by atoms with E-state index in [0.717, 1.165) is 38.6 Å². The third-order valence-corrected chi connectivity index (χ3v) is 24.3. The summed E-state index contributed by atoms with van der Waals surface area (Å²) < 4.78 is 5.91. The van der Waals surface area contributed by atoms with Crippen LogP contribution in [0.5, 0.6) is 0 Å². The van der Waals surface area contributed by atoms with E-state index in [-0.39, 0.29) is 25.0 Å². The summed E-state index contributed by atoms with van der Waals surface area (Å²) in [6, 6.07) is 149. The van der Waals surface area contributed by atoms with E-state index in [4.69, 9.17) is 15.5 Å². The minimum Gasteiger partial charge on any atom is -0.356 e. The van der Waals surface area contributed by atoms with E-state index >= 15 is 0 Å². The lowest BCUT2D eigenvalue weighted by atomic mass is 9.08. The standard InChI is InChI=1S/C55H40N2.C34H22BrN.C21H19N.B4H3/c1-55(2)50-26-12-11-25-47(50)48-31-29-45(36-51(48)55)56(42-19-5-3-6-20-42)44-23-14-18-40(34-44)38-16-13-17-39(33-38)41-27-30-49-53(35-41)57(43-21-7-4-8-22-43)52-32-28-37-15-9-10-24-46(37)54(49)52;35-28-12-7-11-26(21-28)24-9-6-10-25(20-24)27-16-18-31-33(22-27)36(29-13-2-1-3-14-29)32-19-17-23-8-4-5-15-30(23)34(31)32;1-21(2)19-11-7-6-10-17(19)18-14-16(12-13-20(18)21)22-15-8-4-3-5-9-15;1-4(2)3/h3-36H,1-2H3;1-22H;3-14,22H,1-2H3;1H3/q;;;-1. The lowest BCUT2D eigenvalue weighted by Crippen LogP contribution is -2.16. The molecule has 2 aromatic heterocycles. The molecule has 0 bridgehead atoms. The zero-order valence-electron chi connectivity index (χ0n) is 66.2. The molecule has 0 fully saturated rings. The van der Waals surface area contributed by atoms with Gasteiger partial charge in [0.05, 0.1) is 22.1 Å². The molecule has 2 aliphatic rings. The van der Waals surface area contributed by atoms with Crippen molar-refractivity contribution in [1.29, 1.82) is 0 Å². The molecule has 0 spiro atoms. The quantitative estimate of drug-likeness (QED) is 0.131. The van der Waals surface area contributed by atoms with Crippen molar-refractivity contribution in [3.63, 3.8) is 0 Å². The second-order valence-electron chi connectivity index (χ2n) is 31.6. The highest BCUT2D eigenvalue weighted by Gasteiger charge is 2.37. The average Bonchev–Trinajstić information content (AvgIpc) is 1.60. The Bertz CT molecular complexity index is 7210. The van der Waals surface area contributed by atoms with Gasteiger partial charge in [0, 0.05) is 76.7 Å². The van der Waals surface area contributed by atoms with Crippen LogP contribution in [0.1, 0.15) is 49.9 Å². The fraction of sp³-hybridized carbons (Fsp3) is 0.0545. The Kier molecular flexibility index (Phi) is 20.2. The SMILES string of the molecule is Brc1cccc(-c2cccc(-c3ccc4c5c6ccccc6ccc5n(-c5ccccc5)c4c3)c2)c1.CC1(C)c2ccccc2-c2cc(Nc3ccccc3)ccc21.CC1(C)c2ccccc2-c2ccc(N(c3ccccc3)c3cccc(-c4cccc(-c5ccc6c7c8ccccc8ccc7n(-c7ccccc7)c6c5)c4)c3)cc21.[B]B([B])[BH3-]. The number of para-hydroxylation sites is 4. The van der Waals surface area contributed by atoms with Crippen molar-refractivity contribution in [2.24, 2.45) is 0 Å². The molecule has 1 N–H and O–H groups in total. The van der Waals surface area contributed by atoms with E-state index in [0.29, 0.717) is 0 Å². The molecule has 119 heavy (non-hydrogen) atoms. The molecule has 20 aromatic rings. The Morgan fingerprint density at radius 3 is 1.21 bits per heavy atom. The summed E-state index contributed by atoms with van der Waals surface area (Å²) in [7, 11) is 10.2. The number of benzene rings is 18. The van der Waals surface area contributed by atoms with Crippen LogP contribution >= 0.6 is 15.9 Å². The first-order valence-corrected chi connectivity index (χ1v) is 41.2. The Hall–Kier alpha value is -13.6. The third-order valence-electron chi connectivity index (χ3n) is 23.8. The van der Waals surface area contributed by atoms with Crippen molar-refractivity contribution in [2.75, 3.05) is 10.2 Å². The topological polar surface area (TPSA) is 25.1 Å². The Labute approximate surface area is 709 Å². The van der Waals surface area contributed by atoms with Gasteiger partial charge in [-0.05, 0) is 259 Å². The van der Waals surface area contributed by atoms with Gasteiger partial charge in [-0.25, -0.2) is 0 Å². The highest BCUT2D eigenvalue weighted by Crippen LogP contribution is 2.53. The van der Waals surface area contributed by atoms with Crippen molar-refractivity contribution < 1.29 is 0 Å². The summed E-state index contributed by atoms with van der Waals surface area (Å²) in [5.41, 5.74) is 33.4. The number of nitrogens with one attached hydrogen (secondary N) is 1. The molecule has 2 heterocycles. The maximum Gasteiger partial charge on any atom is 0.0547 e. The average molecular weight is 1590 g/mol. The molecule has 9 heteroatoms. The molecule has 0 aliphatic heterocycles. The largest absolute Gasteiger partial charge is 0.356 e. The van der Waals surface area contributed by atoms with Crippen LogP contribution in [0.2, 0.25) is 0 Å². The first-order valence-electron chi connectivity index (χ1n) is 40.4. The molecule has 564 valence electrons. The molecule has 2 aliphatic carbocycles. The van der Waals surface area contributed by atoms with Crippen LogP contribution in [-0.4, -0.2) is 38.7 Å². The summed E-state index contributed by atoms with van der Waals surface area (Å²) in [5.74, 6) is 0. The Balaban J connectivity index is 0.000000128. The van der Waals surface area contributed by atoms with Crippen molar-refractivity contribution >= 4 is 139 Å². The van der Waals surface area contributed by atoms with Crippen molar-refractivity contribution in [1.82, 2.24) is 9.13 Å². The lowest BCUT2D eigenvalue weighted by molar-refractivity contribution is 0.660. The predicted molar refractivity (Wildman–Crippen MR) is 519 cm³/mol. The number of fused-ring (bicyclic) bond motifs is 16. The van der Waals surface area contributed by atoms with Crippen LogP contribution in [0.4, 0.5) is 28.4 Å². The summed E-state index contributed by atoms with van der Waals surface area (Å²) in [4.78, 5) is 2.40. The normalized spacial score (nSPS) is 12.5. The third kappa shape index (κ3) is 14.3. The van der Waals surface area contributed by atoms with Gasteiger partial charge >= 0.3 is 0 Å². The molecular formula is C110H84B4BrN4-. The van der Waals surface area contributed by atoms with E-state index in [1.807, 2.05) is 18.2 Å². The predicted octanol–water partition coefficient (Wildman–Crippen LogP) is 28.5. The fourth-order valence-corrected chi connectivity index (χ4v) is 18.6. The van der Waals surface area contributed by atoms with Gasteiger partial charge in [0.1, 0.15) is 0 Å². The zero-order valence-corrected chi connectivity index (χ0v) is 67.8. The van der Waals surface area contributed by atoms with Crippen molar-refractivity contribution in [3.05, 3.63) is 439 Å². The molecule has 0 amide bonds. The van der Waals surface area contributed by atoms with E-state index in [2.05, 4.69) is 457 Å². The number of hydrogen-bond donors (Lipinski definition) is 1. The van der Waals surface area contributed by atoms with Crippen LogP contribution in [0.3, 0.4) is 0 Å². The number of nitrogens with zero attached hydrogens (tertiary/aromatic N) is 3. The minimum absolute atomic E-state index is 0.0806. The van der Waals surface area contributed by atoms with Crippen LogP contribution in [0, 0.1) is 0 Å². The van der Waals surface area contributed by atoms with E-state index in [9.17, 15) is 0 Å². The molecule has 0 atom stereocenters. The smallest absolute Gasteiger partial charge is 0.0547 e. The summed E-state index contributed by atoms with van der Waals surface area (Å²) in [6.07, 6.45) is 0.0833. The number of aromatic nitrogens is 2. The Morgan fingerprint density at radius 1 is 0.286 bits per heavy atom. The second kappa shape index (κ2) is 31.8. The van der Waals surface area contributed by atoms with Crippen LogP contribution < -0.4 is 10.2 Å². The van der Waals surface area contributed by atoms with Crippen molar-refractivity contribution in [2.45, 2.75) is 38.5 Å². The Morgan fingerprint density at radius 2 is 0.681 bits per heavy atom.